The molecule has 0 aliphatic heterocycles. The van der Waals surface area contributed by atoms with Gasteiger partial charge in [-0.15, -0.1) is 0 Å². The number of nitrogens with zero attached hydrogens (tertiary/aromatic N) is 2. The second-order valence-corrected chi connectivity index (χ2v) is 4.14. The highest BCUT2D eigenvalue weighted by Gasteiger charge is 2.16. The first-order valence-electron chi connectivity index (χ1n) is 5.87. The van der Waals surface area contributed by atoms with Crippen LogP contribution in [-0.2, 0) is 29.4 Å². The lowest BCUT2D eigenvalue weighted by atomic mass is 10.1. The second kappa shape index (κ2) is 6.51. The third-order valence-corrected chi connectivity index (χ3v) is 2.79. The quantitative estimate of drug-likeness (QED) is 0.750. The molecule has 0 aromatic carbocycles. The molecule has 5 nitrogen and oxygen atoms in total. The monoisotopic (exact) mass is 239 g/mol. The van der Waals surface area contributed by atoms with E-state index < -0.39 is 6.04 Å². The highest BCUT2D eigenvalue weighted by atomic mass is 16.5. The van der Waals surface area contributed by atoms with E-state index >= 15 is 0 Å². The van der Waals surface area contributed by atoms with Gasteiger partial charge in [-0.3, -0.25) is 9.48 Å². The van der Waals surface area contributed by atoms with Crippen LogP contribution < -0.4 is 5.73 Å². The highest BCUT2D eigenvalue weighted by molar-refractivity contribution is 5.85. The van der Waals surface area contributed by atoms with Gasteiger partial charge in [0.25, 0.3) is 0 Å². The van der Waals surface area contributed by atoms with Gasteiger partial charge < -0.3 is 10.5 Å². The molecule has 1 aromatic rings. The maximum Gasteiger partial charge on any atom is 0.155 e. The van der Waals surface area contributed by atoms with Crippen molar-refractivity contribution in [3.63, 3.8) is 0 Å². The minimum atomic E-state index is -0.449. The highest BCUT2D eigenvalue weighted by Crippen LogP contribution is 2.06. The fourth-order valence-corrected chi connectivity index (χ4v) is 1.63. The van der Waals surface area contributed by atoms with Crippen LogP contribution in [0.15, 0.2) is 6.07 Å². The summed E-state index contributed by atoms with van der Waals surface area (Å²) in [5, 5.41) is 4.30. The van der Waals surface area contributed by atoms with Crippen molar-refractivity contribution in [3.05, 3.63) is 17.5 Å². The van der Waals surface area contributed by atoms with E-state index in [1.54, 1.807) is 11.8 Å². The molecular formula is C12H21N3O2. The maximum atomic E-state index is 11.8. The average molecular weight is 239 g/mol. The molecule has 0 radical (unpaired) electrons. The lowest BCUT2D eigenvalue weighted by molar-refractivity contribution is -0.120. The predicted molar refractivity (Wildman–Crippen MR) is 65.8 cm³/mol. The fourth-order valence-electron chi connectivity index (χ4n) is 1.63. The molecule has 0 aliphatic carbocycles. The summed E-state index contributed by atoms with van der Waals surface area (Å²) in [6.45, 7) is 2.55. The van der Waals surface area contributed by atoms with Gasteiger partial charge >= 0.3 is 0 Å². The Kier molecular flexibility index (Phi) is 5.31. The number of aromatic nitrogens is 2. The third-order valence-electron chi connectivity index (χ3n) is 2.79. The smallest absolute Gasteiger partial charge is 0.155 e. The number of methoxy groups -OCH3 is 1. The molecule has 0 spiro atoms. The average Bonchev–Trinajstić information content (AvgIpc) is 2.67. The molecule has 0 saturated carbocycles. The molecule has 0 fully saturated rings. The lowest BCUT2D eigenvalue weighted by Crippen LogP contribution is -2.33. The van der Waals surface area contributed by atoms with Crippen molar-refractivity contribution in [2.75, 3.05) is 13.7 Å². The molecule has 1 aromatic heterocycles. The normalized spacial score (nSPS) is 12.7. The summed E-state index contributed by atoms with van der Waals surface area (Å²) in [7, 11) is 3.45. The zero-order chi connectivity index (χ0) is 12.8. The first-order valence-corrected chi connectivity index (χ1v) is 5.87. The molecule has 0 amide bonds. The lowest BCUT2D eigenvalue weighted by Gasteiger charge is -2.09. The largest absolute Gasteiger partial charge is 0.385 e. The van der Waals surface area contributed by atoms with E-state index in [-0.39, 0.29) is 5.78 Å². The first-order chi connectivity index (χ1) is 8.08. The summed E-state index contributed by atoms with van der Waals surface area (Å²) in [5.74, 6) is 0.0349. The number of rotatable bonds is 7. The van der Waals surface area contributed by atoms with Gasteiger partial charge in [-0.25, -0.2) is 0 Å². The van der Waals surface area contributed by atoms with Gasteiger partial charge in [0.2, 0.25) is 0 Å². The van der Waals surface area contributed by atoms with Crippen LogP contribution in [0, 0.1) is 0 Å². The van der Waals surface area contributed by atoms with E-state index in [9.17, 15) is 4.79 Å². The Balaban J connectivity index is 2.57. The Morgan fingerprint density at radius 1 is 1.65 bits per heavy atom. The van der Waals surface area contributed by atoms with Crippen LogP contribution in [0.5, 0.6) is 0 Å². The molecule has 0 aliphatic rings. The number of ether oxygens (including phenoxy) is 1. The van der Waals surface area contributed by atoms with Crippen molar-refractivity contribution in [3.8, 4) is 0 Å². The SMILES string of the molecule is CCc1cc(CC(=O)C(N)CCOC)n(C)n1. The van der Waals surface area contributed by atoms with Gasteiger partial charge in [-0.05, 0) is 18.9 Å². The number of ketones is 1. The Morgan fingerprint density at radius 3 is 2.88 bits per heavy atom. The van der Waals surface area contributed by atoms with Gasteiger partial charge in [0.15, 0.2) is 5.78 Å². The van der Waals surface area contributed by atoms with E-state index in [0.717, 1.165) is 17.8 Å². The van der Waals surface area contributed by atoms with E-state index in [1.165, 1.54) is 0 Å². The Labute approximate surface area is 102 Å². The van der Waals surface area contributed by atoms with Crippen LogP contribution in [0.25, 0.3) is 0 Å². The van der Waals surface area contributed by atoms with Gasteiger partial charge in [-0.2, -0.15) is 5.10 Å². The molecule has 1 rings (SSSR count). The summed E-state index contributed by atoms with van der Waals surface area (Å²) >= 11 is 0. The molecule has 1 atom stereocenters. The molecule has 0 bridgehead atoms. The summed E-state index contributed by atoms with van der Waals surface area (Å²) in [6, 6.07) is 1.51. The van der Waals surface area contributed by atoms with E-state index in [2.05, 4.69) is 5.10 Å². The zero-order valence-electron chi connectivity index (χ0n) is 10.8. The maximum absolute atomic E-state index is 11.8. The number of hydrogen-bond acceptors (Lipinski definition) is 4. The summed E-state index contributed by atoms with van der Waals surface area (Å²) in [6.07, 6.45) is 1.78. The number of carbonyl (C=O) groups is 1. The molecule has 1 unspecified atom stereocenters. The predicted octanol–water partition coefficient (Wildman–Crippen LogP) is 0.458. The standard InChI is InChI=1S/C12H21N3O2/c1-4-9-7-10(15(2)14-9)8-12(16)11(13)5-6-17-3/h7,11H,4-6,8,13H2,1-3H3. The number of Topliss-reactive ketones (excluding diaryl/α,β-unsaturated/α-hetero) is 1. The van der Waals surface area contributed by atoms with Gasteiger partial charge in [0.1, 0.15) is 0 Å². The zero-order valence-corrected chi connectivity index (χ0v) is 10.8. The number of nitrogens with two attached hydrogens (primary N) is 1. The third kappa shape index (κ3) is 3.94. The Bertz CT molecular complexity index is 374. The van der Waals surface area contributed by atoms with Gasteiger partial charge in [0.05, 0.1) is 11.7 Å². The van der Waals surface area contributed by atoms with Crippen LogP contribution in [0.1, 0.15) is 24.7 Å². The first kappa shape index (κ1) is 13.9. The van der Waals surface area contributed by atoms with Crippen LogP contribution in [0.2, 0.25) is 0 Å². The molecule has 1 heterocycles. The van der Waals surface area contributed by atoms with Gasteiger partial charge in [0, 0.05) is 32.9 Å². The topological polar surface area (TPSA) is 70.1 Å². The van der Waals surface area contributed by atoms with Gasteiger partial charge in [-0.1, -0.05) is 6.92 Å². The summed E-state index contributed by atoms with van der Waals surface area (Å²) in [4.78, 5) is 11.8. The van der Waals surface area contributed by atoms with Crippen molar-refractivity contribution >= 4 is 5.78 Å². The van der Waals surface area contributed by atoms with E-state index in [1.807, 2.05) is 20.0 Å². The van der Waals surface area contributed by atoms with Crippen molar-refractivity contribution in [2.45, 2.75) is 32.2 Å². The Hall–Kier alpha value is -1.20. The van der Waals surface area contributed by atoms with Crippen molar-refractivity contribution in [2.24, 2.45) is 12.8 Å². The number of carbonyl (C=O) groups excluding carboxylic acids is 1. The molecule has 17 heavy (non-hydrogen) atoms. The summed E-state index contributed by atoms with van der Waals surface area (Å²) in [5.41, 5.74) is 7.70. The minimum Gasteiger partial charge on any atom is -0.385 e. The van der Waals surface area contributed by atoms with E-state index in [0.29, 0.717) is 19.4 Å². The molecule has 5 heteroatoms. The number of aryl methyl sites for hydroxylation is 2. The molecular weight excluding hydrogens is 218 g/mol. The summed E-state index contributed by atoms with van der Waals surface area (Å²) < 4.78 is 6.66. The van der Waals surface area contributed by atoms with Crippen molar-refractivity contribution in [1.29, 1.82) is 0 Å². The van der Waals surface area contributed by atoms with Crippen molar-refractivity contribution < 1.29 is 9.53 Å². The van der Waals surface area contributed by atoms with Crippen LogP contribution in [0.4, 0.5) is 0 Å². The fraction of sp³-hybridized carbons (Fsp3) is 0.667. The molecule has 0 saturated heterocycles. The Morgan fingerprint density at radius 2 is 2.35 bits per heavy atom. The number of hydrogen-bond donors (Lipinski definition) is 1. The van der Waals surface area contributed by atoms with E-state index in [4.69, 9.17) is 10.5 Å². The molecule has 96 valence electrons. The van der Waals surface area contributed by atoms with Crippen LogP contribution in [0.3, 0.4) is 0 Å². The second-order valence-electron chi connectivity index (χ2n) is 4.14. The minimum absolute atomic E-state index is 0.0349. The molecule has 2 N–H and O–H groups in total. The van der Waals surface area contributed by atoms with Crippen LogP contribution in [-0.4, -0.2) is 35.3 Å². The van der Waals surface area contributed by atoms with Crippen LogP contribution >= 0.6 is 0 Å². The van der Waals surface area contributed by atoms with Crippen molar-refractivity contribution in [1.82, 2.24) is 9.78 Å².